The fourth-order valence-corrected chi connectivity index (χ4v) is 2.07. The lowest BCUT2D eigenvalue weighted by Crippen LogP contribution is -2.30. The number of aromatic nitrogens is 1. The van der Waals surface area contributed by atoms with E-state index in [9.17, 15) is 24.8 Å². The zero-order chi connectivity index (χ0) is 17.7. The van der Waals surface area contributed by atoms with E-state index < -0.39 is 29.1 Å². The molecule has 0 amide bonds. The second-order valence-electron chi connectivity index (χ2n) is 4.83. The Balaban J connectivity index is 2.13. The highest BCUT2D eigenvalue weighted by Gasteiger charge is 2.18. The fourth-order valence-electron chi connectivity index (χ4n) is 1.95. The highest BCUT2D eigenvalue weighted by molar-refractivity contribution is 6.30. The van der Waals surface area contributed by atoms with Crippen molar-refractivity contribution in [2.24, 2.45) is 0 Å². The molecule has 9 heteroatoms. The van der Waals surface area contributed by atoms with Gasteiger partial charge < -0.3 is 9.84 Å². The molecular weight excluding hydrogens is 340 g/mol. The van der Waals surface area contributed by atoms with E-state index in [0.29, 0.717) is 5.02 Å². The summed E-state index contributed by atoms with van der Waals surface area (Å²) >= 11 is 5.73. The van der Waals surface area contributed by atoms with Crippen molar-refractivity contribution in [2.45, 2.75) is 6.04 Å². The van der Waals surface area contributed by atoms with Crippen molar-refractivity contribution in [3.8, 4) is 0 Å². The van der Waals surface area contributed by atoms with Crippen molar-refractivity contribution in [3.05, 3.63) is 73.6 Å². The largest absolute Gasteiger partial charge is 0.460 e. The Kier molecular flexibility index (Phi) is 5.67. The van der Waals surface area contributed by atoms with E-state index in [0.717, 1.165) is 22.9 Å². The number of halogens is 1. The van der Waals surface area contributed by atoms with Crippen LogP contribution in [0.2, 0.25) is 5.02 Å². The monoisotopic (exact) mass is 352 g/mol. The fraction of sp³-hybridized carbons (Fsp3) is 0.200. The molecule has 0 spiro atoms. The molecule has 1 heterocycles. The van der Waals surface area contributed by atoms with E-state index >= 15 is 0 Å². The molecule has 0 aliphatic heterocycles. The molecule has 24 heavy (non-hydrogen) atoms. The standard InChI is InChI=1S/C15H13ClN2O6/c16-11-3-1-10(2-4-11)15(21)24-9-13(8-19)17-7-12(18(22)23)5-6-14(17)20/h1-7,13,19H,8-9H2. The minimum absolute atomic E-state index is 0.252. The summed E-state index contributed by atoms with van der Waals surface area (Å²) in [6.07, 6.45) is 0.999. The number of nitrogens with zero attached hydrogens (tertiary/aromatic N) is 2. The number of hydrogen-bond donors (Lipinski definition) is 1. The molecule has 0 saturated heterocycles. The van der Waals surface area contributed by atoms with Crippen molar-refractivity contribution in [1.29, 1.82) is 0 Å². The van der Waals surface area contributed by atoms with Gasteiger partial charge in [0.2, 0.25) is 0 Å². The van der Waals surface area contributed by atoms with Gasteiger partial charge in [-0.25, -0.2) is 4.79 Å². The van der Waals surface area contributed by atoms with Crippen LogP contribution in [0.4, 0.5) is 5.69 Å². The lowest BCUT2D eigenvalue weighted by molar-refractivity contribution is -0.385. The number of esters is 1. The van der Waals surface area contributed by atoms with Gasteiger partial charge in [0.1, 0.15) is 6.61 Å². The second-order valence-corrected chi connectivity index (χ2v) is 5.27. The van der Waals surface area contributed by atoms with E-state index in [-0.39, 0.29) is 17.9 Å². The first-order valence-corrected chi connectivity index (χ1v) is 7.20. The van der Waals surface area contributed by atoms with Crippen LogP contribution in [-0.4, -0.2) is 33.8 Å². The predicted octanol–water partition coefficient (Wildman–Crippen LogP) is 1.80. The summed E-state index contributed by atoms with van der Waals surface area (Å²) in [6, 6.07) is 7.12. The molecule has 0 aliphatic rings. The van der Waals surface area contributed by atoms with Crippen molar-refractivity contribution < 1.29 is 19.6 Å². The van der Waals surface area contributed by atoms with Gasteiger partial charge in [0, 0.05) is 17.2 Å². The minimum atomic E-state index is -0.936. The maximum Gasteiger partial charge on any atom is 0.338 e. The van der Waals surface area contributed by atoms with Gasteiger partial charge in [0.15, 0.2) is 0 Å². The topological polar surface area (TPSA) is 112 Å². The van der Waals surface area contributed by atoms with Crippen molar-refractivity contribution in [1.82, 2.24) is 4.57 Å². The van der Waals surface area contributed by atoms with Crippen LogP contribution in [0.25, 0.3) is 0 Å². The average Bonchev–Trinajstić information content (AvgIpc) is 2.57. The molecule has 0 aliphatic carbocycles. The summed E-state index contributed by atoms with van der Waals surface area (Å²) in [6.45, 7) is -0.853. The molecule has 0 radical (unpaired) electrons. The van der Waals surface area contributed by atoms with Gasteiger partial charge in [-0.3, -0.25) is 19.5 Å². The molecule has 1 unspecified atom stereocenters. The number of aliphatic hydroxyl groups is 1. The number of hydrogen-bond acceptors (Lipinski definition) is 6. The van der Waals surface area contributed by atoms with Crippen LogP contribution < -0.4 is 5.56 Å². The molecule has 8 nitrogen and oxygen atoms in total. The number of nitro groups is 1. The molecule has 0 saturated carbocycles. The minimum Gasteiger partial charge on any atom is -0.460 e. The van der Waals surface area contributed by atoms with Gasteiger partial charge in [-0.1, -0.05) is 11.6 Å². The maximum absolute atomic E-state index is 11.9. The molecule has 0 fully saturated rings. The number of ether oxygens (including phenoxy) is 1. The summed E-state index contributed by atoms with van der Waals surface area (Å²) < 4.78 is 6.02. The number of rotatable bonds is 6. The first kappa shape index (κ1) is 17.6. The Hall–Kier alpha value is -2.71. The number of benzene rings is 1. The van der Waals surface area contributed by atoms with Crippen LogP contribution >= 0.6 is 11.6 Å². The third kappa shape index (κ3) is 4.18. The highest BCUT2D eigenvalue weighted by Crippen LogP contribution is 2.14. The Bertz CT molecular complexity index is 802. The Morgan fingerprint density at radius 1 is 1.29 bits per heavy atom. The smallest absolute Gasteiger partial charge is 0.338 e. The van der Waals surface area contributed by atoms with Crippen LogP contribution in [0.3, 0.4) is 0 Å². The van der Waals surface area contributed by atoms with Crippen LogP contribution in [0, 0.1) is 10.1 Å². The molecule has 2 rings (SSSR count). The molecule has 2 aromatic rings. The lowest BCUT2D eigenvalue weighted by Gasteiger charge is -2.17. The number of pyridine rings is 1. The van der Waals surface area contributed by atoms with E-state index in [4.69, 9.17) is 16.3 Å². The second kappa shape index (κ2) is 7.71. The lowest BCUT2D eigenvalue weighted by atomic mass is 10.2. The van der Waals surface area contributed by atoms with E-state index in [1.165, 1.54) is 24.3 Å². The molecule has 1 aromatic carbocycles. The SMILES string of the molecule is O=C(OCC(CO)n1cc([N+](=O)[O-])ccc1=O)c1ccc(Cl)cc1. The van der Waals surface area contributed by atoms with Gasteiger partial charge in [0.25, 0.3) is 11.2 Å². The summed E-state index contributed by atoms with van der Waals surface area (Å²) in [7, 11) is 0. The number of aliphatic hydroxyl groups excluding tert-OH is 1. The Morgan fingerprint density at radius 3 is 2.54 bits per heavy atom. The van der Waals surface area contributed by atoms with Gasteiger partial charge in [0.05, 0.1) is 29.3 Å². The number of carbonyl (C=O) groups excluding carboxylic acids is 1. The van der Waals surface area contributed by atoms with Crippen LogP contribution in [0.1, 0.15) is 16.4 Å². The highest BCUT2D eigenvalue weighted by atomic mass is 35.5. The third-order valence-corrected chi connectivity index (χ3v) is 3.48. The van der Waals surface area contributed by atoms with Crippen LogP contribution in [0.15, 0.2) is 47.4 Å². The van der Waals surface area contributed by atoms with Gasteiger partial charge >= 0.3 is 5.97 Å². The summed E-state index contributed by atoms with van der Waals surface area (Å²) in [5.74, 6) is -0.663. The predicted molar refractivity (Wildman–Crippen MR) is 85.2 cm³/mol. The van der Waals surface area contributed by atoms with Crippen molar-refractivity contribution in [3.63, 3.8) is 0 Å². The normalized spacial score (nSPS) is 11.8. The van der Waals surface area contributed by atoms with Gasteiger partial charge in [-0.05, 0) is 24.3 Å². The van der Waals surface area contributed by atoms with Gasteiger partial charge in [-0.15, -0.1) is 0 Å². The van der Waals surface area contributed by atoms with Crippen LogP contribution in [-0.2, 0) is 4.74 Å². The molecule has 0 bridgehead atoms. The van der Waals surface area contributed by atoms with Crippen LogP contribution in [0.5, 0.6) is 0 Å². The van der Waals surface area contributed by atoms with Crippen molar-refractivity contribution >= 4 is 23.3 Å². The molecule has 1 aromatic heterocycles. The molecule has 1 N–H and O–H groups in total. The molecule has 126 valence electrons. The third-order valence-electron chi connectivity index (χ3n) is 3.22. The zero-order valence-corrected chi connectivity index (χ0v) is 13.0. The summed E-state index contributed by atoms with van der Waals surface area (Å²) in [5.41, 5.74) is -0.609. The first-order valence-electron chi connectivity index (χ1n) is 6.82. The average molecular weight is 353 g/mol. The van der Waals surface area contributed by atoms with E-state index in [1.807, 2.05) is 0 Å². The Labute approximate surface area is 141 Å². The van der Waals surface area contributed by atoms with Crippen molar-refractivity contribution in [2.75, 3.05) is 13.2 Å². The summed E-state index contributed by atoms with van der Waals surface area (Å²) in [5, 5.41) is 20.7. The maximum atomic E-state index is 11.9. The molecule has 1 atom stereocenters. The summed E-state index contributed by atoms with van der Waals surface area (Å²) in [4.78, 5) is 33.9. The zero-order valence-electron chi connectivity index (χ0n) is 12.3. The first-order chi connectivity index (χ1) is 11.4. The van der Waals surface area contributed by atoms with Gasteiger partial charge in [-0.2, -0.15) is 0 Å². The van der Waals surface area contributed by atoms with E-state index in [1.54, 1.807) is 0 Å². The quantitative estimate of drug-likeness (QED) is 0.482. The van der Waals surface area contributed by atoms with E-state index in [2.05, 4.69) is 0 Å². The molecular formula is C15H13ClN2O6. The number of carbonyl (C=O) groups is 1. The Morgan fingerprint density at radius 2 is 1.96 bits per heavy atom.